The number of aryl methyl sites for hydroxylation is 2. The Bertz CT molecular complexity index is 777. The van der Waals surface area contributed by atoms with Gasteiger partial charge in [-0.25, -0.2) is 13.4 Å². The number of nitrogens with zero attached hydrogens (tertiary/aromatic N) is 4. The molecule has 1 aliphatic rings. The normalized spacial score (nSPS) is 17.9. The minimum absolute atomic E-state index is 0.147. The van der Waals surface area contributed by atoms with E-state index in [1.54, 1.807) is 13.2 Å². The Kier molecular flexibility index (Phi) is 5.02. The molecule has 0 unspecified atom stereocenters. The van der Waals surface area contributed by atoms with Crippen molar-refractivity contribution in [3.05, 3.63) is 30.5 Å². The molecule has 1 atom stereocenters. The molecule has 9 heteroatoms. The molecule has 0 bridgehead atoms. The Morgan fingerprint density at radius 3 is 2.75 bits per heavy atom. The van der Waals surface area contributed by atoms with E-state index in [1.807, 2.05) is 17.7 Å². The summed E-state index contributed by atoms with van der Waals surface area (Å²) < 4.78 is 37.3. The van der Waals surface area contributed by atoms with Crippen molar-refractivity contribution in [2.24, 2.45) is 13.0 Å². The summed E-state index contributed by atoms with van der Waals surface area (Å²) in [7, 11) is -2.07. The molecule has 1 fully saturated rings. The second-order valence-corrected chi connectivity index (χ2v) is 7.57. The fourth-order valence-electron chi connectivity index (χ4n) is 3.13. The van der Waals surface area contributed by atoms with Gasteiger partial charge in [-0.1, -0.05) is 0 Å². The van der Waals surface area contributed by atoms with Gasteiger partial charge in [0.2, 0.25) is 0 Å². The van der Waals surface area contributed by atoms with Crippen LogP contribution in [0.2, 0.25) is 0 Å². The maximum atomic E-state index is 12.8. The van der Waals surface area contributed by atoms with Crippen LogP contribution < -0.4 is 4.72 Å². The van der Waals surface area contributed by atoms with Gasteiger partial charge in [-0.2, -0.15) is 9.82 Å². The SMILES string of the molecule is CCn1ccnc1[C@@H](NS(=O)(=O)c1ccnn1C)C1CCOCC1. The number of sulfonamides is 1. The highest BCUT2D eigenvalue weighted by atomic mass is 32.2. The first-order valence-electron chi connectivity index (χ1n) is 8.12. The molecule has 0 spiro atoms. The van der Waals surface area contributed by atoms with Crippen molar-refractivity contribution in [3.63, 3.8) is 0 Å². The Labute approximate surface area is 141 Å². The molecule has 2 aromatic heterocycles. The van der Waals surface area contributed by atoms with Crippen LogP contribution in [-0.2, 0) is 28.4 Å². The average Bonchev–Trinajstić information content (AvgIpc) is 3.22. The zero-order valence-corrected chi connectivity index (χ0v) is 14.7. The second-order valence-electron chi connectivity index (χ2n) is 5.91. The third kappa shape index (κ3) is 3.38. The van der Waals surface area contributed by atoms with Crippen LogP contribution in [0.4, 0.5) is 0 Å². The number of imidazole rings is 1. The van der Waals surface area contributed by atoms with E-state index in [-0.39, 0.29) is 17.0 Å². The Morgan fingerprint density at radius 1 is 1.38 bits per heavy atom. The maximum Gasteiger partial charge on any atom is 0.258 e. The van der Waals surface area contributed by atoms with Crippen molar-refractivity contribution in [2.45, 2.75) is 37.4 Å². The van der Waals surface area contributed by atoms with Crippen molar-refractivity contribution in [1.29, 1.82) is 0 Å². The zero-order chi connectivity index (χ0) is 17.2. The molecule has 3 rings (SSSR count). The van der Waals surface area contributed by atoms with Crippen LogP contribution in [0.25, 0.3) is 0 Å². The van der Waals surface area contributed by atoms with Gasteiger partial charge in [0.05, 0.1) is 12.2 Å². The first-order valence-corrected chi connectivity index (χ1v) is 9.60. The van der Waals surface area contributed by atoms with E-state index in [9.17, 15) is 8.42 Å². The number of rotatable bonds is 6. The first kappa shape index (κ1) is 17.1. The fourth-order valence-corrected chi connectivity index (χ4v) is 4.52. The summed E-state index contributed by atoms with van der Waals surface area (Å²) in [6.45, 7) is 4.03. The van der Waals surface area contributed by atoms with Crippen LogP contribution >= 0.6 is 0 Å². The second kappa shape index (κ2) is 7.04. The minimum Gasteiger partial charge on any atom is -0.381 e. The molecule has 2 aromatic rings. The standard InChI is InChI=1S/C15H23N5O3S/c1-3-20-9-8-16-15(20)14(12-5-10-23-11-6-12)18-24(21,22)13-4-7-17-19(13)2/h4,7-9,12,14,18H,3,5-6,10-11H2,1-2H3/t14-/m0/s1. The van der Waals surface area contributed by atoms with E-state index in [2.05, 4.69) is 14.8 Å². The number of aromatic nitrogens is 4. The predicted octanol–water partition coefficient (Wildman–Crippen LogP) is 1.08. The van der Waals surface area contributed by atoms with Crippen LogP contribution in [0.5, 0.6) is 0 Å². The molecule has 1 aliphatic heterocycles. The lowest BCUT2D eigenvalue weighted by Crippen LogP contribution is -2.38. The van der Waals surface area contributed by atoms with Gasteiger partial charge in [-0.05, 0) is 31.7 Å². The van der Waals surface area contributed by atoms with Crippen molar-refractivity contribution in [2.75, 3.05) is 13.2 Å². The Morgan fingerprint density at radius 2 is 2.12 bits per heavy atom. The molecule has 0 amide bonds. The molecule has 0 aliphatic carbocycles. The number of hydrogen-bond acceptors (Lipinski definition) is 5. The van der Waals surface area contributed by atoms with Crippen LogP contribution in [-0.4, -0.2) is 41.0 Å². The molecule has 0 saturated carbocycles. The molecule has 8 nitrogen and oxygen atoms in total. The summed E-state index contributed by atoms with van der Waals surface area (Å²) in [5.74, 6) is 0.893. The summed E-state index contributed by atoms with van der Waals surface area (Å²) in [5, 5.41) is 4.10. The van der Waals surface area contributed by atoms with Crippen LogP contribution in [0, 0.1) is 5.92 Å². The fraction of sp³-hybridized carbons (Fsp3) is 0.600. The van der Waals surface area contributed by atoms with E-state index < -0.39 is 10.0 Å². The topological polar surface area (TPSA) is 91.0 Å². The predicted molar refractivity (Wildman–Crippen MR) is 87.7 cm³/mol. The van der Waals surface area contributed by atoms with Gasteiger partial charge >= 0.3 is 0 Å². The van der Waals surface area contributed by atoms with Crippen LogP contribution in [0.15, 0.2) is 29.7 Å². The van der Waals surface area contributed by atoms with Crippen molar-refractivity contribution in [1.82, 2.24) is 24.1 Å². The molecule has 24 heavy (non-hydrogen) atoms. The molecule has 1 N–H and O–H groups in total. The van der Waals surface area contributed by atoms with Crippen LogP contribution in [0.1, 0.15) is 31.6 Å². The average molecular weight is 353 g/mol. The van der Waals surface area contributed by atoms with Gasteiger partial charge in [-0.3, -0.25) is 4.68 Å². The van der Waals surface area contributed by atoms with E-state index >= 15 is 0 Å². The molecule has 132 valence electrons. The van der Waals surface area contributed by atoms with E-state index in [1.165, 1.54) is 16.9 Å². The third-order valence-electron chi connectivity index (χ3n) is 4.44. The van der Waals surface area contributed by atoms with E-state index in [0.717, 1.165) is 25.2 Å². The largest absolute Gasteiger partial charge is 0.381 e. The highest BCUT2D eigenvalue weighted by Crippen LogP contribution is 2.30. The number of ether oxygens (including phenoxy) is 1. The van der Waals surface area contributed by atoms with E-state index in [0.29, 0.717) is 13.2 Å². The lowest BCUT2D eigenvalue weighted by atomic mass is 9.92. The quantitative estimate of drug-likeness (QED) is 0.839. The summed E-state index contributed by atoms with van der Waals surface area (Å²) in [5.41, 5.74) is 0. The first-order chi connectivity index (χ1) is 11.5. The molecule has 1 saturated heterocycles. The summed E-state index contributed by atoms with van der Waals surface area (Å²) in [4.78, 5) is 4.42. The smallest absolute Gasteiger partial charge is 0.258 e. The van der Waals surface area contributed by atoms with Crippen molar-refractivity contribution >= 4 is 10.0 Å². The summed E-state index contributed by atoms with van der Waals surface area (Å²) in [6.07, 6.45) is 6.67. The minimum atomic E-state index is -3.69. The molecule has 0 aromatic carbocycles. The van der Waals surface area contributed by atoms with Gasteiger partial charge in [0.25, 0.3) is 10.0 Å². The summed E-state index contributed by atoms with van der Waals surface area (Å²) in [6, 6.07) is 1.11. The third-order valence-corrected chi connectivity index (χ3v) is 5.95. The van der Waals surface area contributed by atoms with Gasteiger partial charge in [0.1, 0.15) is 5.82 Å². The van der Waals surface area contributed by atoms with Crippen molar-refractivity contribution in [3.8, 4) is 0 Å². The van der Waals surface area contributed by atoms with E-state index in [4.69, 9.17) is 4.74 Å². The van der Waals surface area contributed by atoms with Gasteiger partial charge < -0.3 is 9.30 Å². The lowest BCUT2D eigenvalue weighted by Gasteiger charge is -2.30. The van der Waals surface area contributed by atoms with Gasteiger partial charge in [0.15, 0.2) is 5.03 Å². The lowest BCUT2D eigenvalue weighted by molar-refractivity contribution is 0.0550. The zero-order valence-electron chi connectivity index (χ0n) is 13.9. The maximum absolute atomic E-state index is 12.8. The van der Waals surface area contributed by atoms with Gasteiger partial charge in [0, 0.05) is 39.2 Å². The number of nitrogens with one attached hydrogen (secondary N) is 1. The Hall–Kier alpha value is -1.71. The number of hydrogen-bond donors (Lipinski definition) is 1. The molecule has 0 radical (unpaired) electrons. The molecular weight excluding hydrogens is 330 g/mol. The summed E-state index contributed by atoms with van der Waals surface area (Å²) >= 11 is 0. The Balaban J connectivity index is 1.94. The highest BCUT2D eigenvalue weighted by molar-refractivity contribution is 7.89. The monoisotopic (exact) mass is 353 g/mol. The van der Waals surface area contributed by atoms with Crippen LogP contribution in [0.3, 0.4) is 0 Å². The van der Waals surface area contributed by atoms with Gasteiger partial charge in [-0.15, -0.1) is 0 Å². The molecule has 3 heterocycles. The highest BCUT2D eigenvalue weighted by Gasteiger charge is 2.33. The molecular formula is C15H23N5O3S. The van der Waals surface area contributed by atoms with Crippen molar-refractivity contribution < 1.29 is 13.2 Å².